The van der Waals surface area contributed by atoms with Crippen molar-refractivity contribution >= 4 is 47.0 Å². The van der Waals surface area contributed by atoms with Crippen molar-refractivity contribution in [2.45, 2.75) is 5.24 Å². The normalized spacial score (nSPS) is 16.5. The largest absolute Gasteiger partial charge is 0.368 e. The van der Waals surface area contributed by atoms with Crippen LogP contribution in [0.5, 0.6) is 0 Å². The highest BCUT2D eigenvalue weighted by molar-refractivity contribution is 6.56. The third kappa shape index (κ3) is 3.23. The summed E-state index contributed by atoms with van der Waals surface area (Å²) in [6.45, 7) is 3.22. The molecular weight excluding hydrogens is 324 g/mol. The topological polar surface area (TPSA) is 89.0 Å². The summed E-state index contributed by atoms with van der Waals surface area (Å²) in [5.74, 6) is 0.733. The lowest BCUT2D eigenvalue weighted by molar-refractivity contribution is 0.310. The number of rotatable bonds is 3. The van der Waals surface area contributed by atoms with Crippen molar-refractivity contribution in [3.05, 3.63) is 11.2 Å². The Morgan fingerprint density at radius 3 is 2.46 bits per heavy atom. The summed E-state index contributed by atoms with van der Waals surface area (Å²) >= 11 is 6.16. The van der Waals surface area contributed by atoms with Gasteiger partial charge in [0.05, 0.1) is 34.8 Å². The monoisotopic (exact) mass is 338 g/mol. The number of piperazine rings is 1. The minimum Gasteiger partial charge on any atom is -0.368 e. The molecule has 2 aromatic heterocycles. The van der Waals surface area contributed by atoms with E-state index < -0.39 is 5.24 Å². The molecule has 3 heterocycles. The van der Waals surface area contributed by atoms with Crippen LogP contribution in [0.2, 0.25) is 5.02 Å². The molecule has 1 aliphatic heterocycles. The second-order valence-corrected chi connectivity index (χ2v) is 6.17. The van der Waals surface area contributed by atoms with Gasteiger partial charge < -0.3 is 20.1 Å². The van der Waals surface area contributed by atoms with Crippen molar-refractivity contribution < 1.29 is 0 Å². The molecule has 0 spiro atoms. The average molecular weight is 338 g/mol. The molecule has 0 aliphatic carbocycles. The fraction of sp³-hybridized carbons (Fsp3) is 0.500. The van der Waals surface area contributed by atoms with Crippen LogP contribution in [0.3, 0.4) is 0 Å². The predicted octanol–water partition coefficient (Wildman–Crippen LogP) is -1.20. The molecule has 118 valence electrons. The number of hydrogen-bond donors (Lipinski definition) is 1. The van der Waals surface area contributed by atoms with E-state index in [9.17, 15) is 0 Å². The molecule has 1 saturated heterocycles. The molecule has 8 nitrogen and oxygen atoms in total. The summed E-state index contributed by atoms with van der Waals surface area (Å²) < 4.78 is 1.41. The Morgan fingerprint density at radius 1 is 1.17 bits per heavy atom. The molecule has 0 unspecified atom stereocenters. The first-order valence-electron chi connectivity index (χ1n) is 7.32. The summed E-state index contributed by atoms with van der Waals surface area (Å²) in [5, 5.41) is 6.84. The predicted molar refractivity (Wildman–Crippen MR) is 95.4 cm³/mol. The zero-order valence-corrected chi connectivity index (χ0v) is 14.0. The van der Waals surface area contributed by atoms with Crippen molar-refractivity contribution in [3.63, 3.8) is 0 Å². The molecule has 12 heteroatoms. The smallest absolute Gasteiger partial charge is 0.226 e. The van der Waals surface area contributed by atoms with Gasteiger partial charge in [0.2, 0.25) is 11.9 Å². The molecule has 0 amide bonds. The fourth-order valence-electron chi connectivity index (χ4n) is 2.53. The van der Waals surface area contributed by atoms with E-state index in [1.165, 1.54) is 10.8 Å². The Labute approximate surface area is 149 Å². The highest BCUT2D eigenvalue weighted by Gasteiger charge is 2.29. The molecule has 24 heavy (non-hydrogen) atoms. The van der Waals surface area contributed by atoms with E-state index >= 15 is 0 Å². The van der Waals surface area contributed by atoms with Gasteiger partial charge in [-0.05, 0) is 7.05 Å². The quantitative estimate of drug-likeness (QED) is 0.703. The number of likely N-dealkylation sites (N-methyl/N-ethyl adjacent to an activating group) is 1. The van der Waals surface area contributed by atoms with Crippen LogP contribution in [-0.2, 0) is 5.24 Å². The molecule has 2 aromatic rings. The van der Waals surface area contributed by atoms with Gasteiger partial charge in [0.25, 0.3) is 0 Å². The highest BCUT2D eigenvalue weighted by Crippen LogP contribution is 2.30. The van der Waals surface area contributed by atoms with E-state index in [-0.39, 0.29) is 22.5 Å². The Hall–Kier alpha value is -1.74. The van der Waals surface area contributed by atoms with E-state index in [1.54, 1.807) is 0 Å². The summed E-state index contributed by atoms with van der Waals surface area (Å²) in [6, 6.07) is 0. The zero-order valence-electron chi connectivity index (χ0n) is 13.2. The SMILES string of the molecule is [B]C([B])([B])n1c(-c2nc(N)ncc2Cl)nnc1N1CCN(C)CC1. The van der Waals surface area contributed by atoms with Crippen LogP contribution in [0.1, 0.15) is 0 Å². The van der Waals surface area contributed by atoms with Crippen LogP contribution in [0, 0.1) is 0 Å². The maximum absolute atomic E-state index is 6.16. The van der Waals surface area contributed by atoms with Crippen molar-refractivity contribution in [1.29, 1.82) is 0 Å². The molecular formula is C12H14B3ClN8. The summed E-state index contributed by atoms with van der Waals surface area (Å²) in [6.07, 6.45) is 1.37. The van der Waals surface area contributed by atoms with Crippen molar-refractivity contribution in [2.24, 2.45) is 0 Å². The molecule has 6 radical (unpaired) electrons. The lowest BCUT2D eigenvalue weighted by atomic mass is 9.49. The lowest BCUT2D eigenvalue weighted by Gasteiger charge is -2.36. The summed E-state index contributed by atoms with van der Waals surface area (Å²) in [5.41, 5.74) is 5.91. The fourth-order valence-corrected chi connectivity index (χ4v) is 2.71. The first-order chi connectivity index (χ1) is 11.3. The van der Waals surface area contributed by atoms with Crippen molar-refractivity contribution in [2.75, 3.05) is 43.9 Å². The Bertz CT molecular complexity index is 738. The Balaban J connectivity index is 2.10. The number of aromatic nitrogens is 5. The number of anilines is 2. The second kappa shape index (κ2) is 6.29. The van der Waals surface area contributed by atoms with Gasteiger partial charge in [0.15, 0.2) is 5.82 Å². The summed E-state index contributed by atoms with van der Waals surface area (Å²) in [7, 11) is 19.9. The first kappa shape index (κ1) is 17.1. The molecule has 1 aliphatic rings. The molecule has 0 bridgehead atoms. The van der Waals surface area contributed by atoms with Gasteiger partial charge in [-0.15, -0.1) is 10.2 Å². The minimum atomic E-state index is -1.74. The van der Waals surface area contributed by atoms with Crippen LogP contribution in [-0.4, -0.2) is 86.4 Å². The third-order valence-corrected chi connectivity index (χ3v) is 4.07. The molecule has 0 atom stereocenters. The van der Waals surface area contributed by atoms with Crippen LogP contribution in [0.15, 0.2) is 6.20 Å². The third-order valence-electron chi connectivity index (χ3n) is 3.79. The van der Waals surface area contributed by atoms with E-state index in [4.69, 9.17) is 40.9 Å². The van der Waals surface area contributed by atoms with Gasteiger partial charge in [-0.25, -0.2) is 9.97 Å². The van der Waals surface area contributed by atoms with Crippen LogP contribution >= 0.6 is 11.6 Å². The maximum Gasteiger partial charge on any atom is 0.226 e. The number of halogens is 1. The van der Waals surface area contributed by atoms with Crippen LogP contribution in [0.4, 0.5) is 11.9 Å². The van der Waals surface area contributed by atoms with E-state index in [0.717, 1.165) is 26.2 Å². The van der Waals surface area contributed by atoms with Gasteiger partial charge >= 0.3 is 0 Å². The number of hydrogen-bond acceptors (Lipinski definition) is 7. The van der Waals surface area contributed by atoms with E-state index in [1.807, 2.05) is 4.90 Å². The number of nitrogen functional groups attached to an aromatic ring is 1. The van der Waals surface area contributed by atoms with Crippen molar-refractivity contribution in [1.82, 2.24) is 29.6 Å². The highest BCUT2D eigenvalue weighted by atomic mass is 35.5. The first-order valence-corrected chi connectivity index (χ1v) is 7.69. The molecule has 0 aromatic carbocycles. The van der Waals surface area contributed by atoms with Gasteiger partial charge in [-0.2, -0.15) is 0 Å². The number of nitrogens with two attached hydrogens (primary N) is 1. The molecule has 0 saturated carbocycles. The maximum atomic E-state index is 6.16. The van der Waals surface area contributed by atoms with Crippen LogP contribution in [0.25, 0.3) is 11.5 Å². The Morgan fingerprint density at radius 2 is 1.83 bits per heavy atom. The molecule has 1 fully saturated rings. The lowest BCUT2D eigenvalue weighted by Crippen LogP contribution is -2.47. The second-order valence-electron chi connectivity index (χ2n) is 5.76. The van der Waals surface area contributed by atoms with Crippen molar-refractivity contribution in [3.8, 4) is 11.5 Å². The molecule has 2 N–H and O–H groups in total. The zero-order chi connectivity index (χ0) is 17.5. The minimum absolute atomic E-state index is 0.0433. The Kier molecular flexibility index (Phi) is 4.48. The van der Waals surface area contributed by atoms with E-state index in [2.05, 4.69) is 32.1 Å². The molecule has 3 rings (SSSR count). The van der Waals surface area contributed by atoms with Gasteiger partial charge in [-0.3, -0.25) is 0 Å². The van der Waals surface area contributed by atoms with Gasteiger partial charge in [0, 0.05) is 26.2 Å². The van der Waals surface area contributed by atoms with E-state index in [0.29, 0.717) is 5.95 Å². The van der Waals surface area contributed by atoms with Crippen LogP contribution < -0.4 is 10.6 Å². The average Bonchev–Trinajstić information content (AvgIpc) is 2.95. The standard InChI is InChI=1S/C12H14B3ClN8/c1-22-2-4-23(5-3-22)11-21-20-9(24(11)12(13,14)15)8-7(16)6-18-10(17)19-8/h6H,2-5H2,1H3,(H2,17,18,19). The van der Waals surface area contributed by atoms with Gasteiger partial charge in [0.1, 0.15) is 5.69 Å². The summed E-state index contributed by atoms with van der Waals surface area (Å²) in [4.78, 5) is 12.2. The van der Waals surface area contributed by atoms with Gasteiger partial charge in [-0.1, -0.05) is 16.8 Å². The number of nitrogens with zero attached hydrogens (tertiary/aromatic N) is 7.